The van der Waals surface area contributed by atoms with Gasteiger partial charge < -0.3 is 21.5 Å². The quantitative estimate of drug-likeness (QED) is 0.250. The second-order valence-corrected chi connectivity index (χ2v) is 4.92. The molecule has 6 N–H and O–H groups in total. The first-order chi connectivity index (χ1) is 10.1. The molecule has 116 valence electrons. The van der Waals surface area contributed by atoms with Gasteiger partial charge in [-0.25, -0.2) is 0 Å². The highest BCUT2D eigenvalue weighted by Crippen LogP contribution is 2.02. The van der Waals surface area contributed by atoms with Crippen LogP contribution in [-0.4, -0.2) is 36.2 Å². The lowest BCUT2D eigenvalue weighted by Gasteiger charge is -2.14. The molecular weight excluding hydrogens is 268 g/mol. The molecule has 0 fully saturated rings. The van der Waals surface area contributed by atoms with E-state index < -0.39 is 12.0 Å². The number of carboxylic acids is 1. The Kier molecular flexibility index (Phi) is 7.89. The predicted octanol–water partition coefficient (Wildman–Crippen LogP) is 0.925. The monoisotopic (exact) mass is 292 g/mol. The maximum atomic E-state index is 11.1. The van der Waals surface area contributed by atoms with Gasteiger partial charge in [-0.1, -0.05) is 30.3 Å². The Morgan fingerprint density at radius 1 is 1.24 bits per heavy atom. The van der Waals surface area contributed by atoms with Gasteiger partial charge in [0.2, 0.25) is 0 Å². The lowest BCUT2D eigenvalue weighted by atomic mass is 10.1. The van der Waals surface area contributed by atoms with Crippen molar-refractivity contribution in [3.63, 3.8) is 0 Å². The van der Waals surface area contributed by atoms with Crippen molar-refractivity contribution in [2.24, 2.45) is 5.73 Å². The Labute approximate surface area is 125 Å². The molecule has 0 saturated carbocycles. The summed E-state index contributed by atoms with van der Waals surface area (Å²) in [4.78, 5) is 11.1. The maximum absolute atomic E-state index is 11.1. The van der Waals surface area contributed by atoms with Crippen LogP contribution in [0.4, 0.5) is 0 Å². The smallest absolute Gasteiger partial charge is 0.320 e. The predicted molar refractivity (Wildman–Crippen MR) is 83.3 cm³/mol. The molecule has 0 radical (unpaired) electrons. The van der Waals surface area contributed by atoms with Crippen molar-refractivity contribution in [3.8, 4) is 0 Å². The van der Waals surface area contributed by atoms with Crippen molar-refractivity contribution in [2.45, 2.75) is 31.7 Å². The molecule has 6 nitrogen and oxygen atoms in total. The molecule has 1 aromatic rings. The Morgan fingerprint density at radius 2 is 1.95 bits per heavy atom. The van der Waals surface area contributed by atoms with Crippen LogP contribution in [0.3, 0.4) is 0 Å². The largest absolute Gasteiger partial charge is 0.480 e. The number of rotatable bonds is 10. The summed E-state index contributed by atoms with van der Waals surface area (Å²) in [6.45, 7) is 1.19. The number of aliphatic carboxylic acids is 1. The number of hydrogen-bond donors (Lipinski definition) is 5. The highest BCUT2D eigenvalue weighted by molar-refractivity contribution is 5.74. The highest BCUT2D eigenvalue weighted by atomic mass is 16.4. The molecule has 0 heterocycles. The van der Waals surface area contributed by atoms with Gasteiger partial charge in [0.15, 0.2) is 5.96 Å². The van der Waals surface area contributed by atoms with Gasteiger partial charge in [0, 0.05) is 6.54 Å². The number of hydrogen-bond acceptors (Lipinski definition) is 3. The van der Waals surface area contributed by atoms with Crippen LogP contribution in [0.1, 0.15) is 24.8 Å². The average molecular weight is 292 g/mol. The number of guanidine groups is 1. The van der Waals surface area contributed by atoms with Crippen LogP contribution in [-0.2, 0) is 11.2 Å². The van der Waals surface area contributed by atoms with Crippen molar-refractivity contribution in [3.05, 3.63) is 35.9 Å². The molecule has 0 aliphatic rings. The molecule has 1 aromatic carbocycles. The van der Waals surface area contributed by atoms with Crippen LogP contribution in [0.25, 0.3) is 0 Å². The molecule has 1 unspecified atom stereocenters. The molecule has 0 aromatic heterocycles. The topological polar surface area (TPSA) is 111 Å². The molecule has 0 spiro atoms. The van der Waals surface area contributed by atoms with Gasteiger partial charge >= 0.3 is 5.97 Å². The number of carboxylic acid groups (broad SMARTS) is 1. The second-order valence-electron chi connectivity index (χ2n) is 4.92. The molecule has 0 amide bonds. The third kappa shape index (κ3) is 7.94. The van der Waals surface area contributed by atoms with Gasteiger partial charge in [-0.2, -0.15) is 0 Å². The van der Waals surface area contributed by atoms with Crippen LogP contribution in [0, 0.1) is 5.41 Å². The minimum Gasteiger partial charge on any atom is -0.480 e. The number of nitrogens with two attached hydrogens (primary N) is 1. The van der Waals surface area contributed by atoms with Gasteiger partial charge in [0.1, 0.15) is 6.04 Å². The Bertz CT molecular complexity index is 437. The molecule has 1 rings (SSSR count). The maximum Gasteiger partial charge on any atom is 0.320 e. The van der Waals surface area contributed by atoms with Gasteiger partial charge in [0.05, 0.1) is 0 Å². The van der Waals surface area contributed by atoms with Crippen LogP contribution in [0.5, 0.6) is 0 Å². The molecule has 0 bridgehead atoms. The number of benzene rings is 1. The van der Waals surface area contributed by atoms with E-state index in [1.807, 2.05) is 18.2 Å². The molecule has 0 aliphatic heterocycles. The first-order valence-electron chi connectivity index (χ1n) is 7.17. The minimum absolute atomic E-state index is 0.0855. The average Bonchev–Trinajstić information content (AvgIpc) is 2.46. The third-order valence-electron chi connectivity index (χ3n) is 3.16. The van der Waals surface area contributed by atoms with E-state index in [4.69, 9.17) is 16.2 Å². The third-order valence-corrected chi connectivity index (χ3v) is 3.16. The van der Waals surface area contributed by atoms with Crippen molar-refractivity contribution in [1.82, 2.24) is 10.6 Å². The number of nitrogens with one attached hydrogen (secondary N) is 3. The highest BCUT2D eigenvalue weighted by Gasteiger charge is 2.15. The number of carbonyl (C=O) groups is 1. The van der Waals surface area contributed by atoms with Crippen molar-refractivity contribution < 1.29 is 9.90 Å². The lowest BCUT2D eigenvalue weighted by molar-refractivity contribution is -0.139. The fourth-order valence-corrected chi connectivity index (χ4v) is 2.06. The standard InChI is InChI=1S/C15H24N4O2/c16-15(17)19-11-5-9-13(14(20)21)18-10-4-8-12-6-2-1-3-7-12/h1-3,6-7,13,18H,4-5,8-11H2,(H,20,21)(H4,16,17,19). The van der Waals surface area contributed by atoms with Crippen LogP contribution in [0.2, 0.25) is 0 Å². The van der Waals surface area contributed by atoms with Gasteiger partial charge in [-0.05, 0) is 37.8 Å². The summed E-state index contributed by atoms with van der Waals surface area (Å²) in [5, 5.41) is 21.9. The van der Waals surface area contributed by atoms with Crippen molar-refractivity contribution in [2.75, 3.05) is 13.1 Å². The van der Waals surface area contributed by atoms with E-state index in [-0.39, 0.29) is 5.96 Å². The van der Waals surface area contributed by atoms with E-state index in [1.165, 1.54) is 5.56 Å². The van der Waals surface area contributed by atoms with Crippen LogP contribution >= 0.6 is 0 Å². The van der Waals surface area contributed by atoms with E-state index in [0.717, 1.165) is 12.8 Å². The lowest BCUT2D eigenvalue weighted by Crippen LogP contribution is -2.38. The van der Waals surface area contributed by atoms with Gasteiger partial charge in [0.25, 0.3) is 0 Å². The van der Waals surface area contributed by atoms with Gasteiger partial charge in [-0.15, -0.1) is 0 Å². The zero-order valence-corrected chi connectivity index (χ0v) is 12.1. The molecule has 21 heavy (non-hydrogen) atoms. The van der Waals surface area contributed by atoms with E-state index in [0.29, 0.717) is 25.9 Å². The fraction of sp³-hybridized carbons (Fsp3) is 0.467. The summed E-state index contributed by atoms with van der Waals surface area (Å²) in [5.41, 5.74) is 6.42. The Balaban J connectivity index is 2.18. The van der Waals surface area contributed by atoms with E-state index >= 15 is 0 Å². The SMILES string of the molecule is N=C(N)NCCCC(NCCCc1ccccc1)C(=O)O. The zero-order valence-electron chi connectivity index (χ0n) is 12.1. The summed E-state index contributed by atoms with van der Waals surface area (Å²) < 4.78 is 0. The summed E-state index contributed by atoms with van der Waals surface area (Å²) in [7, 11) is 0. The summed E-state index contributed by atoms with van der Waals surface area (Å²) in [6.07, 6.45) is 3.01. The molecule has 6 heteroatoms. The van der Waals surface area contributed by atoms with Crippen LogP contribution in [0.15, 0.2) is 30.3 Å². The Morgan fingerprint density at radius 3 is 2.57 bits per heavy atom. The zero-order chi connectivity index (χ0) is 15.5. The van der Waals surface area contributed by atoms with E-state index in [9.17, 15) is 4.79 Å². The molecule has 0 saturated heterocycles. The fourth-order valence-electron chi connectivity index (χ4n) is 2.06. The van der Waals surface area contributed by atoms with Crippen molar-refractivity contribution in [1.29, 1.82) is 5.41 Å². The summed E-state index contributed by atoms with van der Waals surface area (Å²) >= 11 is 0. The first kappa shape index (κ1) is 17.0. The summed E-state index contributed by atoms with van der Waals surface area (Å²) in [6, 6.07) is 9.59. The Hall–Kier alpha value is -2.08. The summed E-state index contributed by atoms with van der Waals surface area (Å²) in [5.74, 6) is -0.921. The van der Waals surface area contributed by atoms with E-state index in [1.54, 1.807) is 0 Å². The van der Waals surface area contributed by atoms with E-state index in [2.05, 4.69) is 22.8 Å². The van der Waals surface area contributed by atoms with Crippen molar-refractivity contribution >= 4 is 11.9 Å². The normalized spacial score (nSPS) is 11.8. The number of aryl methyl sites for hydroxylation is 1. The molecule has 1 atom stereocenters. The molecular formula is C15H24N4O2. The second kappa shape index (κ2) is 9.77. The van der Waals surface area contributed by atoms with Crippen LogP contribution < -0.4 is 16.4 Å². The molecule has 0 aliphatic carbocycles. The minimum atomic E-state index is -0.836. The first-order valence-corrected chi connectivity index (χ1v) is 7.17. The van der Waals surface area contributed by atoms with Gasteiger partial charge in [-0.3, -0.25) is 10.2 Å².